The van der Waals surface area contributed by atoms with Crippen LogP contribution >= 0.6 is 0 Å². The first-order valence-electron chi connectivity index (χ1n) is 35.2. The first-order chi connectivity index (χ1) is 49.8. The van der Waals surface area contributed by atoms with Crippen LogP contribution in [0.1, 0.15) is 73.6 Å². The summed E-state index contributed by atoms with van der Waals surface area (Å²) < 4.78 is 5.15. The molecule has 16 aromatic carbocycles. The van der Waals surface area contributed by atoms with Gasteiger partial charge in [-0.05, 0) is 219 Å². The second-order valence-corrected chi connectivity index (χ2v) is 28.0. The van der Waals surface area contributed by atoms with Gasteiger partial charge in [0.25, 0.3) is 0 Å². The zero-order valence-corrected chi connectivity index (χ0v) is 58.5. The Labute approximate surface area is 599 Å². The van der Waals surface area contributed by atoms with Crippen LogP contribution in [-0.4, -0.2) is 7.11 Å². The van der Waals surface area contributed by atoms with Gasteiger partial charge < -0.3 is 26.0 Å². The van der Waals surface area contributed by atoms with Crippen molar-refractivity contribution >= 4 is 88.6 Å². The molecule has 0 spiro atoms. The maximum Gasteiger partial charge on any atom is 0.119 e. The zero-order valence-electron chi connectivity index (χ0n) is 58.5. The van der Waals surface area contributed by atoms with Gasteiger partial charge >= 0.3 is 0 Å². The Kier molecular flexibility index (Phi) is 18.2. The highest BCUT2D eigenvalue weighted by molar-refractivity contribution is 5.92. The van der Waals surface area contributed by atoms with Gasteiger partial charge in [0.05, 0.1) is 12.5 Å². The van der Waals surface area contributed by atoms with Gasteiger partial charge in [-0.1, -0.05) is 289 Å². The summed E-state index contributed by atoms with van der Waals surface area (Å²) in [6.45, 7) is 11.3. The summed E-state index contributed by atoms with van der Waals surface area (Å²) >= 11 is 0. The molecular formula is C97H82N4O. The lowest BCUT2D eigenvalue weighted by atomic mass is 9.67. The summed E-state index contributed by atoms with van der Waals surface area (Å²) in [6.07, 6.45) is 0. The molecule has 0 saturated carbocycles. The van der Waals surface area contributed by atoms with Crippen molar-refractivity contribution in [2.24, 2.45) is 0 Å². The van der Waals surface area contributed by atoms with Gasteiger partial charge in [-0.3, -0.25) is 0 Å². The molecule has 0 aliphatic heterocycles. The topological polar surface area (TPSA) is 57.4 Å². The molecule has 0 unspecified atom stereocenters. The van der Waals surface area contributed by atoms with Crippen LogP contribution in [0.3, 0.4) is 0 Å². The minimum Gasteiger partial charge on any atom is -0.497 e. The first kappa shape index (κ1) is 65.5. The van der Waals surface area contributed by atoms with E-state index >= 15 is 0 Å². The number of hydrogen-bond donors (Lipinski definition) is 4. The van der Waals surface area contributed by atoms with Gasteiger partial charge in [0.1, 0.15) is 5.75 Å². The Bertz CT molecular complexity index is 5600. The number of ether oxygens (including phenoxy) is 1. The third-order valence-corrected chi connectivity index (χ3v) is 20.0. The van der Waals surface area contributed by atoms with E-state index in [-0.39, 0.29) is 16.2 Å². The van der Waals surface area contributed by atoms with E-state index in [2.05, 4.69) is 396 Å². The summed E-state index contributed by atoms with van der Waals surface area (Å²) in [6, 6.07) is 129. The molecule has 496 valence electrons. The molecule has 16 aromatic rings. The van der Waals surface area contributed by atoms with Crippen molar-refractivity contribution in [1.82, 2.24) is 0 Å². The highest BCUT2D eigenvalue weighted by Gasteiger charge is 2.46. The molecule has 4 N–H and O–H groups in total. The Balaban J connectivity index is 0.000000114. The maximum absolute atomic E-state index is 5.15. The van der Waals surface area contributed by atoms with Crippen molar-refractivity contribution < 1.29 is 4.74 Å². The quantitative estimate of drug-likeness (QED) is 0.104. The molecule has 102 heavy (non-hydrogen) atoms. The van der Waals surface area contributed by atoms with Crippen LogP contribution in [0.25, 0.3) is 65.3 Å². The summed E-state index contributed by atoms with van der Waals surface area (Å²) in [5.74, 6) is 0.865. The fourth-order valence-electron chi connectivity index (χ4n) is 14.8. The second kappa shape index (κ2) is 28.4. The SMILES string of the molecule is CC(C)(C)c1ccc(Nc2ccc3ccccc3c2)cc1.CC1(C)c2ccccc2-c2ccc(Nc3ccc4ccccc4c3)cc21.COc1ccc(Nc2ccc3ccccc3c2)cc1.c1ccc(C2(c3ccccc3)c3ccccc3-c3ccc(Nc4ccc5ccccc5c4)cc32)cc1. The molecule has 0 amide bonds. The van der Waals surface area contributed by atoms with Crippen molar-refractivity contribution in [3.8, 4) is 28.0 Å². The molecule has 0 saturated heterocycles. The summed E-state index contributed by atoms with van der Waals surface area (Å²) in [7, 11) is 1.67. The van der Waals surface area contributed by atoms with E-state index in [0.29, 0.717) is 0 Å². The highest BCUT2D eigenvalue weighted by atomic mass is 16.5. The van der Waals surface area contributed by atoms with E-state index in [9.17, 15) is 0 Å². The largest absolute Gasteiger partial charge is 0.497 e. The molecule has 0 radical (unpaired) electrons. The molecule has 0 heterocycles. The van der Waals surface area contributed by atoms with Gasteiger partial charge in [0.15, 0.2) is 0 Å². The Morgan fingerprint density at radius 1 is 0.245 bits per heavy atom. The summed E-state index contributed by atoms with van der Waals surface area (Å²) in [5.41, 5.74) is 23.4. The number of anilines is 8. The monoisotopic (exact) mass is 1320 g/mol. The van der Waals surface area contributed by atoms with Crippen LogP contribution < -0.4 is 26.0 Å². The van der Waals surface area contributed by atoms with E-state index in [4.69, 9.17) is 4.74 Å². The second-order valence-electron chi connectivity index (χ2n) is 28.0. The molecule has 0 fully saturated rings. The molecule has 2 aliphatic carbocycles. The molecule has 2 aliphatic rings. The Morgan fingerprint density at radius 3 is 0.951 bits per heavy atom. The van der Waals surface area contributed by atoms with Crippen molar-refractivity contribution in [2.45, 2.75) is 50.9 Å². The summed E-state index contributed by atoms with van der Waals surface area (Å²) in [5, 5.41) is 24.2. The third-order valence-electron chi connectivity index (χ3n) is 20.0. The van der Waals surface area contributed by atoms with E-state index in [1.165, 1.54) is 104 Å². The third kappa shape index (κ3) is 13.6. The van der Waals surface area contributed by atoms with Crippen LogP contribution in [0.4, 0.5) is 45.5 Å². The van der Waals surface area contributed by atoms with Gasteiger partial charge in [0.2, 0.25) is 0 Å². The summed E-state index contributed by atoms with van der Waals surface area (Å²) in [4.78, 5) is 0. The van der Waals surface area contributed by atoms with E-state index in [1.54, 1.807) is 7.11 Å². The first-order valence-corrected chi connectivity index (χ1v) is 35.2. The predicted molar refractivity (Wildman–Crippen MR) is 435 cm³/mol. The number of methoxy groups -OCH3 is 1. The lowest BCUT2D eigenvalue weighted by Gasteiger charge is -2.34. The normalized spacial score (nSPS) is 12.6. The average Bonchev–Trinajstić information content (AvgIpc) is 1.54. The highest BCUT2D eigenvalue weighted by Crippen LogP contribution is 2.57. The van der Waals surface area contributed by atoms with Crippen molar-refractivity contribution in [2.75, 3.05) is 28.4 Å². The molecule has 0 aromatic heterocycles. The van der Waals surface area contributed by atoms with E-state index < -0.39 is 0 Å². The van der Waals surface area contributed by atoms with Crippen LogP contribution in [0.5, 0.6) is 5.75 Å². The van der Waals surface area contributed by atoms with Crippen LogP contribution in [0, 0.1) is 0 Å². The van der Waals surface area contributed by atoms with E-state index in [0.717, 1.165) is 51.2 Å². The lowest BCUT2D eigenvalue weighted by Crippen LogP contribution is -2.28. The van der Waals surface area contributed by atoms with Gasteiger partial charge in [-0.2, -0.15) is 0 Å². The average molecular weight is 1320 g/mol. The Morgan fingerprint density at radius 2 is 0.539 bits per heavy atom. The maximum atomic E-state index is 5.15. The number of nitrogens with one attached hydrogen (secondary N) is 4. The Hall–Kier alpha value is -12.4. The molecule has 0 bridgehead atoms. The van der Waals surface area contributed by atoms with E-state index in [1.807, 2.05) is 24.3 Å². The van der Waals surface area contributed by atoms with Crippen molar-refractivity contribution in [1.29, 1.82) is 0 Å². The standard InChI is InChI=1S/C35H25N.C25H21N.C20H21N.C17H15NO/c1-3-13-27(14-4-1)35(28-15-5-2-6-16-28)33-18-10-9-17-31(33)32-22-21-30(24-34(32)35)36-29-20-19-25-11-7-8-12-26(25)23-29;1-25(2)23-10-6-5-9-21(23)22-14-13-20(16-24(22)25)26-19-12-11-17-7-3-4-8-18(17)15-19;1-20(2,3)17-9-12-18(13-10-17)21-19-11-8-15-6-4-5-7-16(15)14-19;1-19-17-10-8-15(9-11-17)18-16-7-6-13-4-2-3-5-14(13)12-16/h1-24,36H;3-16,26H,1-2H3;4-14,21H,1-3H3;2-12,18H,1H3. The minimum absolute atomic E-state index is 0.0347. The smallest absolute Gasteiger partial charge is 0.119 e. The number of rotatable bonds is 11. The van der Waals surface area contributed by atoms with Gasteiger partial charge in [-0.15, -0.1) is 0 Å². The van der Waals surface area contributed by atoms with Crippen LogP contribution in [0.2, 0.25) is 0 Å². The fourth-order valence-corrected chi connectivity index (χ4v) is 14.8. The minimum atomic E-state index is -0.379. The van der Waals surface area contributed by atoms with Crippen LogP contribution in [-0.2, 0) is 16.2 Å². The predicted octanol–water partition coefficient (Wildman–Crippen LogP) is 26.3. The van der Waals surface area contributed by atoms with Gasteiger partial charge in [0, 0.05) is 50.9 Å². The molecular weight excluding hydrogens is 1240 g/mol. The molecule has 0 atom stereocenters. The molecule has 5 heteroatoms. The zero-order chi connectivity index (χ0) is 69.6. The van der Waals surface area contributed by atoms with Crippen molar-refractivity contribution in [3.05, 3.63) is 403 Å². The lowest BCUT2D eigenvalue weighted by molar-refractivity contribution is 0.415. The number of benzene rings is 16. The van der Waals surface area contributed by atoms with Gasteiger partial charge in [-0.25, -0.2) is 0 Å². The van der Waals surface area contributed by atoms with Crippen LogP contribution in [0.15, 0.2) is 364 Å². The van der Waals surface area contributed by atoms with Crippen molar-refractivity contribution in [3.63, 3.8) is 0 Å². The fraction of sp³-hybridized carbons (Fsp3) is 0.0928. The molecule has 5 nitrogen and oxygen atoms in total. The number of hydrogen-bond acceptors (Lipinski definition) is 5. The number of fused-ring (bicyclic) bond motifs is 10. The molecule has 18 rings (SSSR count).